The molecule has 0 unspecified atom stereocenters. The lowest BCUT2D eigenvalue weighted by molar-refractivity contribution is -0.125. The number of aromatic nitrogens is 1. The van der Waals surface area contributed by atoms with E-state index in [0.717, 1.165) is 30.0 Å². The standard InChI is InChI=1S/C29H34N4O6/c1-4-36-23-12-21-13-24(14-23)38-22-7-5-6-20(11-22)18-37-27-8-9-33(15-25-10-19(2)31-39-25)16-26(27)30-28(34)17-32(3)29(21)35/h5-7,10-14,26-27H,4,8-9,15-18H2,1-3H3,(H,30,34)/t26-,27+/m0/s1. The molecular formula is C29H34N4O6. The van der Waals surface area contributed by atoms with Crippen LogP contribution >= 0.6 is 0 Å². The highest BCUT2D eigenvalue weighted by atomic mass is 16.5. The van der Waals surface area contributed by atoms with E-state index < -0.39 is 0 Å². The van der Waals surface area contributed by atoms with Gasteiger partial charge in [-0.25, -0.2) is 0 Å². The molecular weight excluding hydrogens is 500 g/mol. The lowest BCUT2D eigenvalue weighted by atomic mass is 10.0. The van der Waals surface area contributed by atoms with Crippen LogP contribution in [0.1, 0.15) is 40.7 Å². The third kappa shape index (κ3) is 6.76. The maximum absolute atomic E-state index is 13.3. The van der Waals surface area contributed by atoms with Gasteiger partial charge in [-0.1, -0.05) is 17.3 Å². The fourth-order valence-electron chi connectivity index (χ4n) is 4.99. The van der Waals surface area contributed by atoms with Gasteiger partial charge in [0.05, 0.1) is 44.1 Å². The monoisotopic (exact) mass is 534 g/mol. The Balaban J connectivity index is 1.40. The first kappa shape index (κ1) is 26.7. The SMILES string of the molecule is CCOc1cc2cc(c1)C(=O)N(C)CC(=O)N[C@H]1CN(Cc3cc(C)no3)CC[C@H]1OCc1cccc(c1)O2. The normalized spacial score (nSPS) is 20.6. The molecule has 2 aliphatic heterocycles. The molecule has 39 heavy (non-hydrogen) atoms. The van der Waals surface area contributed by atoms with Gasteiger partial charge in [0.25, 0.3) is 5.91 Å². The summed E-state index contributed by atoms with van der Waals surface area (Å²) in [4.78, 5) is 30.0. The third-order valence-corrected chi connectivity index (χ3v) is 6.80. The summed E-state index contributed by atoms with van der Waals surface area (Å²) < 4.78 is 23.5. The summed E-state index contributed by atoms with van der Waals surface area (Å²) in [6.45, 7) is 6.44. The Morgan fingerprint density at radius 2 is 2.00 bits per heavy atom. The number of hydrogen-bond donors (Lipinski definition) is 1. The van der Waals surface area contributed by atoms with Crippen molar-refractivity contribution in [3.63, 3.8) is 0 Å². The second-order valence-electron chi connectivity index (χ2n) is 10.0. The highest BCUT2D eigenvalue weighted by Gasteiger charge is 2.32. The predicted octanol–water partition coefficient (Wildman–Crippen LogP) is 3.54. The van der Waals surface area contributed by atoms with Gasteiger partial charge in [0.2, 0.25) is 5.91 Å². The summed E-state index contributed by atoms with van der Waals surface area (Å²) in [5.74, 6) is 1.84. The van der Waals surface area contributed by atoms with Gasteiger partial charge >= 0.3 is 0 Å². The van der Waals surface area contributed by atoms with Gasteiger partial charge in [-0.2, -0.15) is 0 Å². The average Bonchev–Trinajstić information content (AvgIpc) is 3.31. The van der Waals surface area contributed by atoms with Gasteiger partial charge < -0.3 is 29.0 Å². The van der Waals surface area contributed by atoms with Crippen molar-refractivity contribution in [3.8, 4) is 17.2 Å². The van der Waals surface area contributed by atoms with Crippen molar-refractivity contribution in [2.24, 2.45) is 0 Å². The van der Waals surface area contributed by atoms with Crippen LogP contribution in [0.25, 0.3) is 0 Å². The number of ether oxygens (including phenoxy) is 3. The lowest BCUT2D eigenvalue weighted by Crippen LogP contribution is -2.57. The summed E-state index contributed by atoms with van der Waals surface area (Å²) >= 11 is 0. The summed E-state index contributed by atoms with van der Waals surface area (Å²) in [5.41, 5.74) is 2.15. The number of rotatable bonds is 4. The topological polar surface area (TPSA) is 106 Å². The molecule has 206 valence electrons. The molecule has 1 fully saturated rings. The van der Waals surface area contributed by atoms with E-state index in [4.69, 9.17) is 18.7 Å². The van der Waals surface area contributed by atoms with Crippen LogP contribution < -0.4 is 14.8 Å². The molecule has 2 aliphatic rings. The number of carbonyl (C=O) groups excluding carboxylic acids is 2. The number of aryl methyl sites for hydroxylation is 1. The van der Waals surface area contributed by atoms with Crippen molar-refractivity contribution in [3.05, 3.63) is 71.1 Å². The van der Waals surface area contributed by atoms with Gasteiger partial charge in [-0.3, -0.25) is 14.5 Å². The van der Waals surface area contributed by atoms with Gasteiger partial charge in [0.15, 0.2) is 5.76 Å². The van der Waals surface area contributed by atoms with Crippen LogP contribution in [0, 0.1) is 6.92 Å². The number of likely N-dealkylation sites (tertiary alicyclic amines) is 1. The van der Waals surface area contributed by atoms with E-state index in [1.54, 1.807) is 25.2 Å². The maximum atomic E-state index is 13.3. The second kappa shape index (κ2) is 11.9. The molecule has 0 aliphatic carbocycles. The quantitative estimate of drug-likeness (QED) is 0.542. The van der Waals surface area contributed by atoms with Crippen LogP contribution in [0.15, 0.2) is 53.1 Å². The first-order valence-corrected chi connectivity index (χ1v) is 13.2. The van der Waals surface area contributed by atoms with Crippen LogP contribution in [-0.4, -0.2) is 72.2 Å². The first-order chi connectivity index (χ1) is 18.9. The summed E-state index contributed by atoms with van der Waals surface area (Å²) in [6.07, 6.45) is 0.537. The number of nitrogens with one attached hydrogen (secondary N) is 1. The Labute approximate surface area is 227 Å². The predicted molar refractivity (Wildman–Crippen MR) is 143 cm³/mol. The molecule has 10 heteroatoms. The minimum Gasteiger partial charge on any atom is -0.494 e. The smallest absolute Gasteiger partial charge is 0.254 e. The molecule has 1 saturated heterocycles. The number of fused-ring (bicyclic) bond motifs is 5. The Hall–Kier alpha value is -3.89. The number of piperidine rings is 1. The van der Waals surface area contributed by atoms with E-state index in [2.05, 4.69) is 15.4 Å². The fraction of sp³-hybridized carbons (Fsp3) is 0.414. The molecule has 4 bridgehead atoms. The molecule has 2 aromatic carbocycles. The minimum absolute atomic E-state index is 0.0998. The Kier molecular flexibility index (Phi) is 8.13. The van der Waals surface area contributed by atoms with Crippen molar-refractivity contribution in [2.45, 2.75) is 45.6 Å². The Morgan fingerprint density at radius 1 is 1.13 bits per heavy atom. The number of carbonyl (C=O) groups is 2. The molecule has 2 amide bonds. The largest absolute Gasteiger partial charge is 0.494 e. The number of amides is 2. The van der Waals surface area contributed by atoms with Crippen LogP contribution in [0.2, 0.25) is 0 Å². The Bertz CT molecular complexity index is 1320. The van der Waals surface area contributed by atoms with E-state index in [1.165, 1.54) is 4.90 Å². The molecule has 10 nitrogen and oxygen atoms in total. The van der Waals surface area contributed by atoms with Crippen LogP contribution in [0.4, 0.5) is 0 Å². The van der Waals surface area contributed by atoms with Gasteiger partial charge in [-0.15, -0.1) is 0 Å². The summed E-state index contributed by atoms with van der Waals surface area (Å²) in [7, 11) is 1.61. The van der Waals surface area contributed by atoms with Crippen molar-refractivity contribution in [1.82, 2.24) is 20.3 Å². The average molecular weight is 535 g/mol. The zero-order valence-electron chi connectivity index (χ0n) is 22.5. The molecule has 5 rings (SSSR count). The van der Waals surface area contributed by atoms with Gasteiger partial charge in [0, 0.05) is 37.8 Å². The van der Waals surface area contributed by atoms with E-state index in [1.807, 2.05) is 44.2 Å². The van der Waals surface area contributed by atoms with Gasteiger partial charge in [0.1, 0.15) is 17.2 Å². The van der Waals surface area contributed by atoms with Gasteiger partial charge in [-0.05, 0) is 50.1 Å². The van der Waals surface area contributed by atoms with Crippen molar-refractivity contribution < 1.29 is 28.3 Å². The highest BCUT2D eigenvalue weighted by Crippen LogP contribution is 2.29. The van der Waals surface area contributed by atoms with E-state index in [9.17, 15) is 9.59 Å². The van der Waals surface area contributed by atoms with Crippen molar-refractivity contribution in [1.29, 1.82) is 0 Å². The molecule has 0 radical (unpaired) electrons. The number of nitrogens with zero attached hydrogens (tertiary/aromatic N) is 3. The number of likely N-dealkylation sites (N-methyl/N-ethyl adjacent to an activating group) is 1. The Morgan fingerprint density at radius 3 is 2.79 bits per heavy atom. The van der Waals surface area contributed by atoms with Crippen LogP contribution in [0.5, 0.6) is 17.2 Å². The zero-order chi connectivity index (χ0) is 27.4. The molecule has 0 spiro atoms. The fourth-order valence-corrected chi connectivity index (χ4v) is 4.99. The molecule has 0 saturated carbocycles. The molecule has 1 N–H and O–H groups in total. The zero-order valence-corrected chi connectivity index (χ0v) is 22.5. The summed E-state index contributed by atoms with van der Waals surface area (Å²) in [6, 6.07) is 14.4. The second-order valence-corrected chi connectivity index (χ2v) is 10.0. The summed E-state index contributed by atoms with van der Waals surface area (Å²) in [5, 5.41) is 7.10. The molecule has 2 atom stereocenters. The molecule has 3 aromatic rings. The molecule has 3 heterocycles. The van der Waals surface area contributed by atoms with Crippen LogP contribution in [0.3, 0.4) is 0 Å². The minimum atomic E-state index is -0.309. The van der Waals surface area contributed by atoms with E-state index in [0.29, 0.717) is 49.1 Å². The first-order valence-electron chi connectivity index (χ1n) is 13.2. The highest BCUT2D eigenvalue weighted by molar-refractivity contribution is 5.97. The number of benzene rings is 2. The third-order valence-electron chi connectivity index (χ3n) is 6.80. The van der Waals surface area contributed by atoms with E-state index in [-0.39, 0.29) is 30.5 Å². The van der Waals surface area contributed by atoms with Crippen LogP contribution in [-0.2, 0) is 22.7 Å². The number of hydrogen-bond acceptors (Lipinski definition) is 8. The van der Waals surface area contributed by atoms with Crippen molar-refractivity contribution in [2.75, 3.05) is 33.3 Å². The molecule has 1 aromatic heterocycles. The van der Waals surface area contributed by atoms with E-state index >= 15 is 0 Å². The maximum Gasteiger partial charge on any atom is 0.254 e. The lowest BCUT2D eigenvalue weighted by Gasteiger charge is -2.38. The van der Waals surface area contributed by atoms with Crippen molar-refractivity contribution >= 4 is 11.8 Å².